The standard InChI is InChI=1S/C18H27ClN2O3S/c1-4-21(5-2)18(22)16-13-15(11-12-17(16)19)25(23,24)20(3)14-9-7-6-8-10-14/h11-14H,4-10H2,1-3H3. The van der Waals surface area contributed by atoms with Gasteiger partial charge in [-0.1, -0.05) is 30.9 Å². The molecule has 0 aromatic heterocycles. The van der Waals surface area contributed by atoms with Gasteiger partial charge in [-0.2, -0.15) is 4.31 Å². The maximum absolute atomic E-state index is 13.0. The van der Waals surface area contributed by atoms with E-state index in [-0.39, 0.29) is 27.4 Å². The molecule has 1 aliphatic rings. The summed E-state index contributed by atoms with van der Waals surface area (Å²) < 4.78 is 27.4. The number of benzene rings is 1. The number of carbonyl (C=O) groups excluding carboxylic acids is 1. The summed E-state index contributed by atoms with van der Waals surface area (Å²) in [4.78, 5) is 14.4. The van der Waals surface area contributed by atoms with E-state index in [0.717, 1.165) is 32.1 Å². The molecule has 0 spiro atoms. The molecule has 1 aromatic carbocycles. The lowest BCUT2D eigenvalue weighted by Gasteiger charge is -2.30. The number of amides is 1. The van der Waals surface area contributed by atoms with Crippen LogP contribution in [0.1, 0.15) is 56.3 Å². The molecule has 1 saturated carbocycles. The molecule has 1 fully saturated rings. The molecule has 0 aliphatic heterocycles. The molecule has 140 valence electrons. The van der Waals surface area contributed by atoms with E-state index in [0.29, 0.717) is 13.1 Å². The van der Waals surface area contributed by atoms with E-state index in [1.54, 1.807) is 11.9 Å². The largest absolute Gasteiger partial charge is 0.339 e. The molecule has 0 radical (unpaired) electrons. The van der Waals surface area contributed by atoms with Gasteiger partial charge >= 0.3 is 0 Å². The lowest BCUT2D eigenvalue weighted by Crippen LogP contribution is -2.38. The Labute approximate surface area is 156 Å². The fourth-order valence-corrected chi connectivity index (χ4v) is 4.96. The number of hydrogen-bond acceptors (Lipinski definition) is 3. The molecule has 2 rings (SSSR count). The normalized spacial score (nSPS) is 16.2. The third-order valence-electron chi connectivity index (χ3n) is 4.98. The number of rotatable bonds is 6. The third-order valence-corrected chi connectivity index (χ3v) is 7.22. The van der Waals surface area contributed by atoms with Gasteiger partial charge in [0, 0.05) is 26.2 Å². The number of hydrogen-bond donors (Lipinski definition) is 0. The van der Waals surface area contributed by atoms with Crippen molar-refractivity contribution in [1.29, 1.82) is 0 Å². The highest BCUT2D eigenvalue weighted by Gasteiger charge is 2.30. The summed E-state index contributed by atoms with van der Waals surface area (Å²) >= 11 is 6.17. The van der Waals surface area contributed by atoms with Gasteiger partial charge in [-0.15, -0.1) is 0 Å². The van der Waals surface area contributed by atoms with Crippen molar-refractivity contribution >= 4 is 27.5 Å². The van der Waals surface area contributed by atoms with Crippen LogP contribution in [0.4, 0.5) is 0 Å². The van der Waals surface area contributed by atoms with Gasteiger partial charge in [-0.25, -0.2) is 8.42 Å². The quantitative estimate of drug-likeness (QED) is 0.747. The van der Waals surface area contributed by atoms with E-state index in [1.165, 1.54) is 22.5 Å². The molecule has 0 bridgehead atoms. The van der Waals surface area contributed by atoms with Crippen LogP contribution in [0.3, 0.4) is 0 Å². The Bertz CT molecular complexity index is 711. The summed E-state index contributed by atoms with van der Waals surface area (Å²) in [7, 11) is -2.02. The maximum Gasteiger partial charge on any atom is 0.255 e. The topological polar surface area (TPSA) is 57.7 Å². The fourth-order valence-electron chi connectivity index (χ4n) is 3.32. The molecular formula is C18H27ClN2O3S. The Kier molecular flexibility index (Phi) is 6.88. The molecule has 1 aromatic rings. The first kappa shape index (κ1) is 20.2. The number of carbonyl (C=O) groups is 1. The molecule has 1 amide bonds. The predicted octanol–water partition coefficient (Wildman–Crippen LogP) is 3.78. The minimum absolute atomic E-state index is 0.0244. The number of nitrogens with zero attached hydrogens (tertiary/aromatic N) is 2. The Morgan fingerprint density at radius 2 is 1.76 bits per heavy atom. The number of halogens is 1. The van der Waals surface area contributed by atoms with Crippen LogP contribution in [0.5, 0.6) is 0 Å². The van der Waals surface area contributed by atoms with E-state index < -0.39 is 10.0 Å². The van der Waals surface area contributed by atoms with Crippen molar-refractivity contribution in [3.63, 3.8) is 0 Å². The van der Waals surface area contributed by atoms with Gasteiger partial charge in [0.05, 0.1) is 15.5 Å². The molecule has 7 heteroatoms. The second-order valence-electron chi connectivity index (χ2n) is 6.43. The zero-order valence-electron chi connectivity index (χ0n) is 15.2. The second-order valence-corrected chi connectivity index (χ2v) is 8.84. The first-order chi connectivity index (χ1) is 11.8. The molecule has 0 saturated heterocycles. The van der Waals surface area contributed by atoms with Crippen molar-refractivity contribution in [2.75, 3.05) is 20.1 Å². The van der Waals surface area contributed by atoms with Crippen LogP contribution in [-0.4, -0.2) is 49.7 Å². The Morgan fingerprint density at radius 3 is 2.32 bits per heavy atom. The summed E-state index contributed by atoms with van der Waals surface area (Å²) in [6.45, 7) is 4.86. The van der Waals surface area contributed by atoms with Crippen molar-refractivity contribution in [1.82, 2.24) is 9.21 Å². The van der Waals surface area contributed by atoms with Gasteiger partial charge in [-0.3, -0.25) is 4.79 Å². The average molecular weight is 387 g/mol. The van der Waals surface area contributed by atoms with Crippen molar-refractivity contribution in [3.8, 4) is 0 Å². The third kappa shape index (κ3) is 4.36. The van der Waals surface area contributed by atoms with E-state index in [4.69, 9.17) is 11.6 Å². The highest BCUT2D eigenvalue weighted by atomic mass is 35.5. The molecule has 0 unspecified atom stereocenters. The first-order valence-corrected chi connectivity index (χ1v) is 10.7. The maximum atomic E-state index is 13.0. The summed E-state index contributed by atoms with van der Waals surface area (Å²) in [5.41, 5.74) is 0.239. The van der Waals surface area contributed by atoms with Crippen molar-refractivity contribution in [2.45, 2.75) is 56.9 Å². The first-order valence-electron chi connectivity index (χ1n) is 8.89. The van der Waals surface area contributed by atoms with Crippen LogP contribution in [0.2, 0.25) is 5.02 Å². The average Bonchev–Trinajstić information content (AvgIpc) is 2.62. The van der Waals surface area contributed by atoms with Gasteiger partial charge in [0.1, 0.15) is 0 Å². The molecular weight excluding hydrogens is 360 g/mol. The van der Waals surface area contributed by atoms with Crippen LogP contribution in [-0.2, 0) is 10.0 Å². The van der Waals surface area contributed by atoms with Gasteiger partial charge in [0.25, 0.3) is 5.91 Å². The van der Waals surface area contributed by atoms with Crippen molar-refractivity contribution < 1.29 is 13.2 Å². The molecule has 25 heavy (non-hydrogen) atoms. The van der Waals surface area contributed by atoms with E-state index in [9.17, 15) is 13.2 Å². The van der Waals surface area contributed by atoms with Gasteiger partial charge in [0.2, 0.25) is 10.0 Å². The van der Waals surface area contributed by atoms with E-state index >= 15 is 0 Å². The fraction of sp³-hybridized carbons (Fsp3) is 0.611. The van der Waals surface area contributed by atoms with Crippen molar-refractivity contribution in [3.05, 3.63) is 28.8 Å². The van der Waals surface area contributed by atoms with Crippen molar-refractivity contribution in [2.24, 2.45) is 0 Å². The molecule has 0 atom stereocenters. The summed E-state index contributed by atoms with van der Waals surface area (Å²) in [6.07, 6.45) is 5.03. The molecule has 0 N–H and O–H groups in total. The molecule has 0 heterocycles. The van der Waals surface area contributed by atoms with Crippen LogP contribution < -0.4 is 0 Å². The zero-order chi connectivity index (χ0) is 18.6. The monoisotopic (exact) mass is 386 g/mol. The van der Waals surface area contributed by atoms with Crippen LogP contribution in [0.15, 0.2) is 23.1 Å². The lowest BCUT2D eigenvalue weighted by atomic mass is 9.96. The summed E-state index contributed by atoms with van der Waals surface area (Å²) in [6, 6.07) is 4.42. The Morgan fingerprint density at radius 1 is 1.16 bits per heavy atom. The summed E-state index contributed by atoms with van der Waals surface area (Å²) in [5, 5.41) is 0.274. The molecule has 5 nitrogen and oxygen atoms in total. The predicted molar refractivity (Wildman–Crippen MR) is 101 cm³/mol. The second kappa shape index (κ2) is 8.52. The minimum atomic E-state index is -3.65. The highest BCUT2D eigenvalue weighted by Crippen LogP contribution is 2.28. The zero-order valence-corrected chi connectivity index (χ0v) is 16.7. The van der Waals surface area contributed by atoms with Gasteiger partial charge in [0.15, 0.2) is 0 Å². The van der Waals surface area contributed by atoms with E-state index in [2.05, 4.69) is 0 Å². The summed E-state index contributed by atoms with van der Waals surface area (Å²) in [5.74, 6) is -0.243. The Hall–Kier alpha value is -1.11. The lowest BCUT2D eigenvalue weighted by molar-refractivity contribution is 0.0773. The van der Waals surface area contributed by atoms with Crippen LogP contribution >= 0.6 is 11.6 Å². The minimum Gasteiger partial charge on any atom is -0.339 e. The van der Waals surface area contributed by atoms with Gasteiger partial charge in [-0.05, 0) is 44.9 Å². The Balaban J connectivity index is 2.35. The highest BCUT2D eigenvalue weighted by molar-refractivity contribution is 7.89. The van der Waals surface area contributed by atoms with Gasteiger partial charge < -0.3 is 4.90 Å². The number of sulfonamides is 1. The SMILES string of the molecule is CCN(CC)C(=O)c1cc(S(=O)(=O)N(C)C2CCCCC2)ccc1Cl. The molecule has 1 aliphatic carbocycles. The van der Waals surface area contributed by atoms with Crippen LogP contribution in [0.25, 0.3) is 0 Å². The van der Waals surface area contributed by atoms with E-state index in [1.807, 2.05) is 13.8 Å². The smallest absolute Gasteiger partial charge is 0.255 e. The van der Waals surface area contributed by atoms with Crippen LogP contribution in [0, 0.1) is 0 Å².